The molecule has 0 saturated carbocycles. The first-order valence-electron chi connectivity index (χ1n) is 12.0. The largest absolute Gasteiger partial charge is 0.477 e. The van der Waals surface area contributed by atoms with Gasteiger partial charge in [0.05, 0.1) is 37.9 Å². The highest BCUT2D eigenvalue weighted by Crippen LogP contribution is 2.35. The van der Waals surface area contributed by atoms with Crippen LogP contribution in [-0.2, 0) is 30.2 Å². The molecule has 0 bridgehead atoms. The normalized spacial score (nSPS) is 28.5. The number of hydrogen-bond donors (Lipinski definition) is 9. The van der Waals surface area contributed by atoms with E-state index in [0.717, 1.165) is 7.11 Å². The van der Waals surface area contributed by atoms with Gasteiger partial charge in [0, 0.05) is 13.5 Å². The zero-order valence-electron chi connectivity index (χ0n) is 21.0. The fraction of sp³-hybridized carbons (Fsp3) is 0.667. The summed E-state index contributed by atoms with van der Waals surface area (Å²) in [5.74, 6) is -5.25. The number of carbonyl (C=O) groups is 2. The van der Waals surface area contributed by atoms with E-state index in [4.69, 9.17) is 14.2 Å². The number of benzene rings is 1. The van der Waals surface area contributed by atoms with Crippen molar-refractivity contribution in [1.82, 2.24) is 5.32 Å². The number of carboxylic acid groups (broad SMARTS) is 1. The quantitative estimate of drug-likeness (QED) is 0.110. The van der Waals surface area contributed by atoms with E-state index in [2.05, 4.69) is 5.32 Å². The van der Waals surface area contributed by atoms with Crippen molar-refractivity contribution in [3.8, 4) is 0 Å². The van der Waals surface area contributed by atoms with Crippen LogP contribution < -0.4 is 5.32 Å². The Hall–Kier alpha value is -2.24. The minimum absolute atomic E-state index is 0.133. The van der Waals surface area contributed by atoms with Gasteiger partial charge in [0.25, 0.3) is 5.79 Å². The van der Waals surface area contributed by atoms with Gasteiger partial charge < -0.3 is 60.4 Å². The van der Waals surface area contributed by atoms with Crippen LogP contribution in [0.2, 0.25) is 0 Å². The maximum absolute atomic E-state index is 12.7. The molecule has 10 atom stereocenters. The number of aliphatic hydroxyl groups is 7. The predicted octanol–water partition coefficient (Wildman–Crippen LogP) is -3.51. The lowest BCUT2D eigenvalue weighted by Gasteiger charge is -2.48. The van der Waals surface area contributed by atoms with Crippen LogP contribution in [0.5, 0.6) is 0 Å². The van der Waals surface area contributed by atoms with Crippen LogP contribution in [0.25, 0.3) is 0 Å². The lowest BCUT2D eigenvalue weighted by atomic mass is 9.88. The Bertz CT molecular complexity index is 883. The van der Waals surface area contributed by atoms with Crippen molar-refractivity contribution in [1.29, 1.82) is 0 Å². The van der Waals surface area contributed by atoms with Gasteiger partial charge in [-0.1, -0.05) is 30.3 Å². The molecule has 0 aromatic heterocycles. The molecular formula is C24H37NO13. The number of methoxy groups -OCH3 is 1. The summed E-state index contributed by atoms with van der Waals surface area (Å²) in [5.41, 5.74) is 0.622. The van der Waals surface area contributed by atoms with Crippen LogP contribution >= 0.6 is 0 Å². The van der Waals surface area contributed by atoms with Gasteiger partial charge in [-0.3, -0.25) is 4.79 Å². The van der Waals surface area contributed by atoms with E-state index in [1.54, 1.807) is 30.3 Å². The summed E-state index contributed by atoms with van der Waals surface area (Å²) < 4.78 is 16.0. The van der Waals surface area contributed by atoms with E-state index in [9.17, 15) is 50.4 Å². The molecule has 14 heteroatoms. The molecule has 216 valence electrons. The molecule has 0 aliphatic carbocycles. The van der Waals surface area contributed by atoms with Gasteiger partial charge in [0.15, 0.2) is 0 Å². The van der Waals surface area contributed by atoms with E-state index >= 15 is 0 Å². The first-order chi connectivity index (χ1) is 17.9. The van der Waals surface area contributed by atoms with Gasteiger partial charge in [0.2, 0.25) is 5.91 Å². The number of carboxylic acids is 1. The Morgan fingerprint density at radius 3 is 2.26 bits per heavy atom. The Morgan fingerprint density at radius 1 is 1.13 bits per heavy atom. The first kappa shape index (κ1) is 32.0. The first-order valence-corrected chi connectivity index (χ1v) is 12.0. The molecule has 5 unspecified atom stereocenters. The minimum atomic E-state index is -2.81. The Kier molecular flexibility index (Phi) is 12.0. The minimum Gasteiger partial charge on any atom is -0.477 e. The van der Waals surface area contributed by atoms with Crippen LogP contribution in [0.15, 0.2) is 30.3 Å². The molecule has 1 aliphatic rings. The van der Waals surface area contributed by atoms with Gasteiger partial charge in [-0.15, -0.1) is 0 Å². The number of carbonyl (C=O) groups excluding carboxylic acids is 1. The summed E-state index contributed by atoms with van der Waals surface area (Å²) in [5, 5.41) is 83.8. The van der Waals surface area contributed by atoms with Gasteiger partial charge in [-0.2, -0.15) is 0 Å². The van der Waals surface area contributed by atoms with E-state index in [1.165, 1.54) is 6.92 Å². The molecule has 2 rings (SSSR count). The third-order valence-corrected chi connectivity index (χ3v) is 6.35. The maximum Gasteiger partial charge on any atom is 0.364 e. The highest BCUT2D eigenvalue weighted by molar-refractivity contribution is 5.79. The van der Waals surface area contributed by atoms with Crippen molar-refractivity contribution < 1.29 is 64.7 Å². The molecule has 38 heavy (non-hydrogen) atoms. The summed E-state index contributed by atoms with van der Waals surface area (Å²) in [6.07, 6.45) is -14.8. The van der Waals surface area contributed by atoms with Crippen molar-refractivity contribution in [3.05, 3.63) is 35.9 Å². The molecule has 1 aliphatic heterocycles. The number of ether oxygens (including phenoxy) is 3. The third kappa shape index (κ3) is 7.66. The van der Waals surface area contributed by atoms with Gasteiger partial charge in [-0.25, -0.2) is 4.79 Å². The second-order valence-corrected chi connectivity index (χ2v) is 9.18. The second kappa shape index (κ2) is 14.2. The SMILES string of the molecule is COC(CO)[C@H](O)C(O[C@]1(C(=O)O)CC(O)[C@@H](NC(=O)Cc2ccccc2)C([C@H](O)[C@H](O)CO)O1)C(C)O. The molecule has 0 spiro atoms. The summed E-state index contributed by atoms with van der Waals surface area (Å²) >= 11 is 0. The molecular weight excluding hydrogens is 510 g/mol. The summed E-state index contributed by atoms with van der Waals surface area (Å²) in [4.78, 5) is 25.1. The molecule has 1 saturated heterocycles. The predicted molar refractivity (Wildman–Crippen MR) is 127 cm³/mol. The van der Waals surface area contributed by atoms with Crippen LogP contribution in [-0.4, -0.2) is 134 Å². The number of amides is 1. The fourth-order valence-corrected chi connectivity index (χ4v) is 4.24. The van der Waals surface area contributed by atoms with Crippen molar-refractivity contribution in [2.75, 3.05) is 20.3 Å². The smallest absolute Gasteiger partial charge is 0.364 e. The van der Waals surface area contributed by atoms with Gasteiger partial charge in [0.1, 0.15) is 36.6 Å². The molecule has 14 nitrogen and oxygen atoms in total. The average molecular weight is 548 g/mol. The van der Waals surface area contributed by atoms with E-state index in [0.29, 0.717) is 5.56 Å². The van der Waals surface area contributed by atoms with Crippen LogP contribution in [0, 0.1) is 0 Å². The maximum atomic E-state index is 12.7. The highest BCUT2D eigenvalue weighted by Gasteiger charge is 2.57. The van der Waals surface area contributed by atoms with Crippen molar-refractivity contribution in [3.63, 3.8) is 0 Å². The van der Waals surface area contributed by atoms with Crippen molar-refractivity contribution in [2.24, 2.45) is 0 Å². The highest BCUT2D eigenvalue weighted by atomic mass is 16.7. The lowest BCUT2D eigenvalue weighted by Crippen LogP contribution is -2.69. The van der Waals surface area contributed by atoms with Crippen molar-refractivity contribution in [2.45, 2.75) is 80.4 Å². The summed E-state index contributed by atoms with van der Waals surface area (Å²) in [7, 11) is 1.16. The van der Waals surface area contributed by atoms with E-state index in [1.807, 2.05) is 0 Å². The average Bonchev–Trinajstić information content (AvgIpc) is 2.88. The number of hydrogen-bond acceptors (Lipinski definition) is 12. The van der Waals surface area contributed by atoms with Crippen LogP contribution in [0.4, 0.5) is 0 Å². The summed E-state index contributed by atoms with van der Waals surface area (Å²) in [6.45, 7) is -0.516. The number of aliphatic carboxylic acids is 1. The molecule has 1 heterocycles. The zero-order valence-corrected chi connectivity index (χ0v) is 21.0. The monoisotopic (exact) mass is 547 g/mol. The molecule has 0 radical (unpaired) electrons. The topological polar surface area (TPSA) is 236 Å². The van der Waals surface area contributed by atoms with Crippen LogP contribution in [0.1, 0.15) is 18.9 Å². The number of rotatable bonds is 14. The Balaban J connectivity index is 2.40. The molecule has 1 fully saturated rings. The summed E-state index contributed by atoms with van der Waals surface area (Å²) in [6, 6.07) is 7.07. The van der Waals surface area contributed by atoms with Crippen LogP contribution in [0.3, 0.4) is 0 Å². The third-order valence-electron chi connectivity index (χ3n) is 6.35. The molecule has 1 aromatic rings. The molecule has 1 aromatic carbocycles. The van der Waals surface area contributed by atoms with E-state index < -0.39 is 92.2 Å². The standard InChI is InChI=1S/C24H37NO13/c1-12(28)21(20(33)16(11-27)36-2)37-24(23(34)35)9-14(29)18(22(38-24)19(32)15(30)10-26)25-17(31)8-13-6-4-3-5-7-13/h3-7,12,14-16,18-22,26-30,32-33H,8-11H2,1-2H3,(H,25,31)(H,34,35)/t12?,14?,15-,16?,18-,19-,20+,21?,22?,24-/m1/s1. The fourth-order valence-electron chi connectivity index (χ4n) is 4.24. The molecule has 1 amide bonds. The van der Waals surface area contributed by atoms with Gasteiger partial charge >= 0.3 is 5.97 Å². The Labute approximate surface area is 219 Å². The lowest BCUT2D eigenvalue weighted by molar-refractivity contribution is -0.338. The Morgan fingerprint density at radius 2 is 1.76 bits per heavy atom. The van der Waals surface area contributed by atoms with Gasteiger partial charge in [-0.05, 0) is 12.5 Å². The van der Waals surface area contributed by atoms with Crippen molar-refractivity contribution >= 4 is 11.9 Å². The zero-order chi connectivity index (χ0) is 28.6. The van der Waals surface area contributed by atoms with E-state index in [-0.39, 0.29) is 6.42 Å². The second-order valence-electron chi connectivity index (χ2n) is 9.18. The number of aliphatic hydroxyl groups excluding tert-OH is 7. The molecule has 9 N–H and O–H groups in total. The number of nitrogens with one attached hydrogen (secondary N) is 1.